The molecule has 0 atom stereocenters. The van der Waals surface area contributed by atoms with Crippen molar-refractivity contribution in [3.8, 4) is 0 Å². The fraction of sp³-hybridized carbons (Fsp3) is 0.815. The summed E-state index contributed by atoms with van der Waals surface area (Å²) in [5, 5.41) is 31.0. The molecule has 0 bridgehead atoms. The summed E-state index contributed by atoms with van der Waals surface area (Å²) in [6, 6.07) is 0. The van der Waals surface area contributed by atoms with Gasteiger partial charge in [-0.25, -0.2) is 0 Å². The molecule has 2 amide bonds. The van der Waals surface area contributed by atoms with Gasteiger partial charge in [0.25, 0.3) is 0 Å². The van der Waals surface area contributed by atoms with Crippen LogP contribution in [0.15, 0.2) is 0 Å². The Bertz CT molecular complexity index is 853. The third kappa shape index (κ3) is 14.9. The van der Waals surface area contributed by atoms with Crippen molar-refractivity contribution in [3.63, 3.8) is 0 Å². The SMILES string of the molecule is CCCCCNC(=O)CN1CCN(C(=O)CN2CCN(CC(=O)O)CCN(CC(=O)O)CCN(CC(=O)O)CC2)CC1. The van der Waals surface area contributed by atoms with E-state index in [4.69, 9.17) is 0 Å². The molecule has 2 fully saturated rings. The molecular formula is C27H49N7O8. The number of rotatable bonds is 14. The highest BCUT2D eigenvalue weighted by Crippen LogP contribution is 2.06. The van der Waals surface area contributed by atoms with Gasteiger partial charge in [0.15, 0.2) is 0 Å². The molecule has 15 nitrogen and oxygen atoms in total. The van der Waals surface area contributed by atoms with E-state index in [0.717, 1.165) is 19.3 Å². The van der Waals surface area contributed by atoms with Crippen LogP contribution in [0.25, 0.3) is 0 Å². The number of unbranched alkanes of at least 4 members (excludes halogenated alkanes) is 2. The molecule has 15 heteroatoms. The van der Waals surface area contributed by atoms with Crippen LogP contribution in [-0.2, 0) is 24.0 Å². The Labute approximate surface area is 248 Å². The molecule has 0 aromatic heterocycles. The molecule has 0 spiro atoms. The van der Waals surface area contributed by atoms with Crippen LogP contribution in [0.5, 0.6) is 0 Å². The molecule has 0 radical (unpaired) electrons. The quantitative estimate of drug-likeness (QED) is 0.160. The van der Waals surface area contributed by atoms with E-state index in [-0.39, 0.29) is 38.0 Å². The van der Waals surface area contributed by atoms with Crippen molar-refractivity contribution in [1.82, 2.24) is 34.7 Å². The summed E-state index contributed by atoms with van der Waals surface area (Å²) < 4.78 is 0. The van der Waals surface area contributed by atoms with E-state index in [1.165, 1.54) is 0 Å². The monoisotopic (exact) mass is 599 g/mol. The maximum Gasteiger partial charge on any atom is 0.317 e. The Balaban J connectivity index is 1.97. The summed E-state index contributed by atoms with van der Waals surface area (Å²) in [6.07, 6.45) is 3.14. The summed E-state index contributed by atoms with van der Waals surface area (Å²) in [4.78, 5) is 70.6. The maximum atomic E-state index is 13.2. The predicted molar refractivity (Wildman–Crippen MR) is 154 cm³/mol. The summed E-state index contributed by atoms with van der Waals surface area (Å²) in [5.41, 5.74) is 0. The van der Waals surface area contributed by atoms with Crippen molar-refractivity contribution in [2.75, 3.05) is 118 Å². The highest BCUT2D eigenvalue weighted by atomic mass is 16.4. The third-order valence-electron chi connectivity index (χ3n) is 7.56. The van der Waals surface area contributed by atoms with Gasteiger partial charge in [-0.3, -0.25) is 48.5 Å². The lowest BCUT2D eigenvalue weighted by Crippen LogP contribution is -2.54. The van der Waals surface area contributed by atoms with E-state index in [9.17, 15) is 39.3 Å². The Kier molecular flexibility index (Phi) is 16.3. The molecule has 240 valence electrons. The van der Waals surface area contributed by atoms with Gasteiger partial charge in [-0.15, -0.1) is 0 Å². The van der Waals surface area contributed by atoms with Crippen molar-refractivity contribution < 1.29 is 39.3 Å². The molecule has 2 aliphatic heterocycles. The number of nitrogens with one attached hydrogen (secondary N) is 1. The number of piperazine rings is 1. The van der Waals surface area contributed by atoms with E-state index in [1.807, 2.05) is 9.80 Å². The van der Waals surface area contributed by atoms with Crippen molar-refractivity contribution in [2.45, 2.75) is 26.2 Å². The minimum atomic E-state index is -1.01. The van der Waals surface area contributed by atoms with Crippen LogP contribution in [0.3, 0.4) is 0 Å². The Morgan fingerprint density at radius 3 is 1.26 bits per heavy atom. The lowest BCUT2D eigenvalue weighted by molar-refractivity contribution is -0.141. The first-order valence-electron chi connectivity index (χ1n) is 14.9. The lowest BCUT2D eigenvalue weighted by Gasteiger charge is -2.36. The first-order valence-corrected chi connectivity index (χ1v) is 14.9. The zero-order chi connectivity index (χ0) is 30.9. The van der Waals surface area contributed by atoms with Gasteiger partial charge in [0.1, 0.15) is 0 Å². The van der Waals surface area contributed by atoms with Gasteiger partial charge < -0.3 is 25.5 Å². The van der Waals surface area contributed by atoms with E-state index in [0.29, 0.717) is 91.6 Å². The van der Waals surface area contributed by atoms with Crippen LogP contribution in [0.2, 0.25) is 0 Å². The first kappa shape index (κ1) is 35.3. The molecule has 0 saturated carbocycles. The number of carboxylic acid groups (broad SMARTS) is 3. The van der Waals surface area contributed by atoms with Gasteiger partial charge >= 0.3 is 17.9 Å². The minimum Gasteiger partial charge on any atom is -0.480 e. The standard InChI is InChI=1S/C27H49N7O8/c1-2-3-4-5-28-23(35)18-29-14-16-34(17-15-29)24(36)19-30-6-8-31(20-25(37)38)10-12-33(22-27(41)42)13-11-32(9-7-30)21-26(39)40/h2-22H2,1H3,(H,28,35)(H,37,38)(H,39,40)(H,41,42). The van der Waals surface area contributed by atoms with Gasteiger partial charge in [-0.05, 0) is 6.42 Å². The molecule has 2 aliphatic rings. The summed E-state index contributed by atoms with van der Waals surface area (Å²) in [5.74, 6) is -3.06. The Morgan fingerprint density at radius 2 is 0.881 bits per heavy atom. The van der Waals surface area contributed by atoms with Crippen molar-refractivity contribution in [3.05, 3.63) is 0 Å². The molecular weight excluding hydrogens is 550 g/mol. The van der Waals surface area contributed by atoms with Gasteiger partial charge in [0.05, 0.1) is 32.7 Å². The first-order chi connectivity index (χ1) is 20.0. The van der Waals surface area contributed by atoms with E-state index in [2.05, 4.69) is 12.2 Å². The average molecular weight is 600 g/mol. The van der Waals surface area contributed by atoms with Crippen molar-refractivity contribution in [1.29, 1.82) is 0 Å². The number of aliphatic carboxylic acids is 3. The molecule has 2 rings (SSSR count). The summed E-state index contributed by atoms with van der Waals surface area (Å²) in [6.45, 7) is 7.60. The Morgan fingerprint density at radius 1 is 0.524 bits per heavy atom. The van der Waals surface area contributed by atoms with Gasteiger partial charge in [0, 0.05) is 85.1 Å². The molecule has 0 aromatic carbocycles. The fourth-order valence-electron chi connectivity index (χ4n) is 5.09. The van der Waals surface area contributed by atoms with Crippen molar-refractivity contribution in [2.24, 2.45) is 0 Å². The van der Waals surface area contributed by atoms with Gasteiger partial charge in [-0.1, -0.05) is 19.8 Å². The van der Waals surface area contributed by atoms with Gasteiger partial charge in [0.2, 0.25) is 11.8 Å². The zero-order valence-electron chi connectivity index (χ0n) is 24.9. The maximum absolute atomic E-state index is 13.2. The number of nitrogens with zero attached hydrogens (tertiary/aromatic N) is 6. The number of carbonyl (C=O) groups is 5. The highest BCUT2D eigenvalue weighted by molar-refractivity contribution is 5.79. The molecule has 0 aliphatic carbocycles. The third-order valence-corrected chi connectivity index (χ3v) is 7.56. The van der Waals surface area contributed by atoms with E-state index in [1.54, 1.807) is 19.6 Å². The van der Waals surface area contributed by atoms with Crippen LogP contribution < -0.4 is 5.32 Å². The molecule has 2 heterocycles. The van der Waals surface area contributed by atoms with E-state index < -0.39 is 17.9 Å². The molecule has 42 heavy (non-hydrogen) atoms. The minimum absolute atomic E-state index is 0.00637. The van der Waals surface area contributed by atoms with Crippen LogP contribution in [0.4, 0.5) is 0 Å². The van der Waals surface area contributed by atoms with Crippen LogP contribution in [-0.4, -0.2) is 192 Å². The number of carbonyl (C=O) groups excluding carboxylic acids is 2. The summed E-state index contributed by atoms with van der Waals surface area (Å²) in [7, 11) is 0. The topological polar surface area (TPSA) is 178 Å². The normalized spacial score (nSPS) is 19.5. The molecule has 0 aromatic rings. The van der Waals surface area contributed by atoms with Crippen LogP contribution in [0, 0.1) is 0 Å². The summed E-state index contributed by atoms with van der Waals surface area (Å²) >= 11 is 0. The average Bonchev–Trinajstić information content (AvgIpc) is 2.92. The number of carboxylic acids is 3. The number of hydrogen-bond donors (Lipinski definition) is 4. The Hall–Kier alpha value is -2.85. The van der Waals surface area contributed by atoms with Crippen molar-refractivity contribution >= 4 is 29.7 Å². The lowest BCUT2D eigenvalue weighted by atomic mass is 10.2. The second-order valence-electron chi connectivity index (χ2n) is 11.0. The zero-order valence-corrected chi connectivity index (χ0v) is 24.9. The number of hydrogen-bond acceptors (Lipinski definition) is 10. The number of amides is 2. The van der Waals surface area contributed by atoms with E-state index >= 15 is 0 Å². The van der Waals surface area contributed by atoms with Gasteiger partial charge in [-0.2, -0.15) is 0 Å². The highest BCUT2D eigenvalue weighted by Gasteiger charge is 2.25. The van der Waals surface area contributed by atoms with Crippen LogP contribution in [0.1, 0.15) is 26.2 Å². The van der Waals surface area contributed by atoms with Crippen LogP contribution >= 0.6 is 0 Å². The molecule has 2 saturated heterocycles. The second-order valence-corrected chi connectivity index (χ2v) is 11.0. The smallest absolute Gasteiger partial charge is 0.317 e. The second kappa shape index (κ2) is 19.4. The predicted octanol–water partition coefficient (Wildman–Crippen LogP) is -2.09. The molecule has 4 N–H and O–H groups in total. The fourth-order valence-corrected chi connectivity index (χ4v) is 5.09. The largest absolute Gasteiger partial charge is 0.480 e. The molecule has 0 unspecified atom stereocenters.